The summed E-state index contributed by atoms with van der Waals surface area (Å²) in [4.78, 5) is 0. The first-order valence-corrected chi connectivity index (χ1v) is 9.15. The topological polar surface area (TPSA) is 24.1 Å². The molecule has 0 amide bonds. The van der Waals surface area contributed by atoms with Crippen molar-refractivity contribution in [2.75, 3.05) is 11.9 Å². The van der Waals surface area contributed by atoms with Gasteiger partial charge in [0, 0.05) is 26.4 Å². The van der Waals surface area contributed by atoms with Crippen molar-refractivity contribution in [3.8, 4) is 0 Å². The lowest BCUT2D eigenvalue weighted by Crippen LogP contribution is -2.43. The molecule has 1 heterocycles. The SMILES string of the molecule is Clc1ccc(NC2CCCCC2C2CCCN2)c(I)c1. The van der Waals surface area contributed by atoms with Crippen LogP contribution < -0.4 is 10.6 Å². The van der Waals surface area contributed by atoms with Crippen molar-refractivity contribution in [3.63, 3.8) is 0 Å². The number of nitrogens with one attached hydrogen (secondary N) is 2. The summed E-state index contributed by atoms with van der Waals surface area (Å²) < 4.78 is 1.22. The van der Waals surface area contributed by atoms with Gasteiger partial charge in [0.2, 0.25) is 0 Å². The number of hydrogen-bond donors (Lipinski definition) is 2. The molecule has 3 atom stereocenters. The summed E-state index contributed by atoms with van der Waals surface area (Å²) >= 11 is 8.42. The predicted octanol–water partition coefficient (Wildman–Crippen LogP) is 4.67. The molecule has 4 heteroatoms. The number of halogens is 2. The van der Waals surface area contributed by atoms with Crippen LogP contribution in [0.1, 0.15) is 38.5 Å². The normalized spacial score (nSPS) is 30.4. The lowest BCUT2D eigenvalue weighted by Gasteiger charge is -2.37. The fraction of sp³-hybridized carbons (Fsp3) is 0.625. The van der Waals surface area contributed by atoms with Crippen LogP contribution in [0.2, 0.25) is 5.02 Å². The lowest BCUT2D eigenvalue weighted by molar-refractivity contribution is 0.262. The highest BCUT2D eigenvalue weighted by Crippen LogP contribution is 2.33. The zero-order chi connectivity index (χ0) is 13.9. The molecule has 0 aromatic heterocycles. The summed E-state index contributed by atoms with van der Waals surface area (Å²) in [7, 11) is 0. The van der Waals surface area contributed by atoms with Crippen molar-refractivity contribution in [2.45, 2.75) is 50.6 Å². The minimum atomic E-state index is 0.606. The van der Waals surface area contributed by atoms with Crippen LogP contribution in [0, 0.1) is 9.49 Å². The van der Waals surface area contributed by atoms with E-state index in [0.29, 0.717) is 6.04 Å². The number of anilines is 1. The lowest BCUT2D eigenvalue weighted by atomic mass is 9.79. The summed E-state index contributed by atoms with van der Waals surface area (Å²) in [6, 6.07) is 7.47. The first-order chi connectivity index (χ1) is 9.74. The van der Waals surface area contributed by atoms with Gasteiger partial charge in [0.15, 0.2) is 0 Å². The molecule has 0 bridgehead atoms. The molecule has 1 aromatic carbocycles. The molecule has 3 unspecified atom stereocenters. The van der Waals surface area contributed by atoms with Crippen LogP contribution in [0.15, 0.2) is 18.2 Å². The van der Waals surface area contributed by atoms with Crippen molar-refractivity contribution < 1.29 is 0 Å². The molecule has 1 saturated heterocycles. The molecule has 1 aromatic rings. The van der Waals surface area contributed by atoms with E-state index in [4.69, 9.17) is 11.6 Å². The third kappa shape index (κ3) is 3.42. The van der Waals surface area contributed by atoms with Gasteiger partial charge in [-0.05, 0) is 78.9 Å². The van der Waals surface area contributed by atoms with Gasteiger partial charge in [0.05, 0.1) is 0 Å². The van der Waals surface area contributed by atoms with Gasteiger partial charge in [0.25, 0.3) is 0 Å². The van der Waals surface area contributed by atoms with Crippen LogP contribution in [0.25, 0.3) is 0 Å². The zero-order valence-corrected chi connectivity index (χ0v) is 14.6. The fourth-order valence-corrected chi connectivity index (χ4v) is 4.73. The van der Waals surface area contributed by atoms with Gasteiger partial charge in [-0.1, -0.05) is 24.4 Å². The second-order valence-corrected chi connectivity index (χ2v) is 7.62. The standard InChI is InChI=1S/C16H22ClIN2/c17-11-7-8-16(13(18)10-11)20-15-5-2-1-4-12(15)14-6-3-9-19-14/h7-8,10,12,14-15,19-20H,1-6,9H2. The van der Waals surface area contributed by atoms with Crippen LogP contribution in [0.3, 0.4) is 0 Å². The molecular weight excluding hydrogens is 383 g/mol. The summed E-state index contributed by atoms with van der Waals surface area (Å²) in [5, 5.41) is 8.32. The molecule has 2 N–H and O–H groups in total. The Balaban J connectivity index is 1.72. The Kier molecular flexibility index (Phi) is 5.10. The maximum atomic E-state index is 6.05. The molecule has 0 spiro atoms. The van der Waals surface area contributed by atoms with E-state index < -0.39 is 0 Å². The fourth-order valence-electron chi connectivity index (χ4n) is 3.70. The second-order valence-electron chi connectivity index (χ2n) is 6.03. The maximum Gasteiger partial charge on any atom is 0.0479 e. The second kappa shape index (κ2) is 6.84. The van der Waals surface area contributed by atoms with Gasteiger partial charge < -0.3 is 10.6 Å². The van der Waals surface area contributed by atoms with Gasteiger partial charge in [-0.15, -0.1) is 0 Å². The van der Waals surface area contributed by atoms with Gasteiger partial charge in [-0.25, -0.2) is 0 Å². The maximum absolute atomic E-state index is 6.05. The van der Waals surface area contributed by atoms with E-state index >= 15 is 0 Å². The smallest absolute Gasteiger partial charge is 0.0479 e. The van der Waals surface area contributed by atoms with E-state index in [1.165, 1.54) is 54.3 Å². The first-order valence-electron chi connectivity index (χ1n) is 7.69. The molecule has 110 valence electrons. The molecule has 2 aliphatic rings. The van der Waals surface area contributed by atoms with Crippen LogP contribution >= 0.6 is 34.2 Å². The number of benzene rings is 1. The van der Waals surface area contributed by atoms with Crippen LogP contribution in [-0.4, -0.2) is 18.6 Å². The Labute approximate surface area is 140 Å². The Bertz CT molecular complexity index is 460. The van der Waals surface area contributed by atoms with Crippen LogP contribution in [0.4, 0.5) is 5.69 Å². The first kappa shape index (κ1) is 14.9. The van der Waals surface area contributed by atoms with E-state index in [1.54, 1.807) is 0 Å². The van der Waals surface area contributed by atoms with Gasteiger partial charge in [0.1, 0.15) is 0 Å². The monoisotopic (exact) mass is 404 g/mol. The third-order valence-corrected chi connectivity index (χ3v) is 5.83. The average molecular weight is 405 g/mol. The molecule has 2 fully saturated rings. The molecule has 3 rings (SSSR count). The molecule has 1 aliphatic heterocycles. The summed E-state index contributed by atoms with van der Waals surface area (Å²) in [5.74, 6) is 0.776. The molecule has 1 aliphatic carbocycles. The van der Waals surface area contributed by atoms with Gasteiger partial charge >= 0.3 is 0 Å². The molecule has 20 heavy (non-hydrogen) atoms. The number of hydrogen-bond acceptors (Lipinski definition) is 2. The van der Waals surface area contributed by atoms with Crippen molar-refractivity contribution in [3.05, 3.63) is 26.8 Å². The molecule has 1 saturated carbocycles. The third-order valence-electron chi connectivity index (χ3n) is 4.71. The largest absolute Gasteiger partial charge is 0.381 e. The van der Waals surface area contributed by atoms with Gasteiger partial charge in [-0.2, -0.15) is 0 Å². The van der Waals surface area contributed by atoms with Crippen molar-refractivity contribution >= 4 is 39.9 Å². The molecule has 2 nitrogen and oxygen atoms in total. The summed E-state index contributed by atoms with van der Waals surface area (Å²) in [6.45, 7) is 1.20. The van der Waals surface area contributed by atoms with E-state index in [1.807, 2.05) is 12.1 Å². The molecular formula is C16H22ClIN2. The highest BCUT2D eigenvalue weighted by molar-refractivity contribution is 14.1. The predicted molar refractivity (Wildman–Crippen MR) is 94.6 cm³/mol. The zero-order valence-electron chi connectivity index (χ0n) is 11.7. The summed E-state index contributed by atoms with van der Waals surface area (Å²) in [6.07, 6.45) is 8.08. The Morgan fingerprint density at radius 1 is 1.15 bits per heavy atom. The van der Waals surface area contributed by atoms with E-state index in [2.05, 4.69) is 39.3 Å². The quantitative estimate of drug-likeness (QED) is 0.716. The Morgan fingerprint density at radius 2 is 2.00 bits per heavy atom. The van der Waals surface area contributed by atoms with E-state index in [9.17, 15) is 0 Å². The highest BCUT2D eigenvalue weighted by Gasteiger charge is 2.33. The minimum Gasteiger partial charge on any atom is -0.381 e. The Hall–Kier alpha value is -0.000000000000000111. The number of rotatable bonds is 3. The van der Waals surface area contributed by atoms with Crippen molar-refractivity contribution in [2.24, 2.45) is 5.92 Å². The van der Waals surface area contributed by atoms with Crippen molar-refractivity contribution in [1.29, 1.82) is 0 Å². The Morgan fingerprint density at radius 3 is 2.75 bits per heavy atom. The van der Waals surface area contributed by atoms with Crippen LogP contribution in [-0.2, 0) is 0 Å². The average Bonchev–Trinajstić information content (AvgIpc) is 2.96. The van der Waals surface area contributed by atoms with Crippen LogP contribution in [0.5, 0.6) is 0 Å². The van der Waals surface area contributed by atoms with Crippen molar-refractivity contribution in [1.82, 2.24) is 5.32 Å². The molecule has 0 radical (unpaired) electrons. The van der Waals surface area contributed by atoms with E-state index in [-0.39, 0.29) is 0 Å². The van der Waals surface area contributed by atoms with Gasteiger partial charge in [-0.3, -0.25) is 0 Å². The minimum absolute atomic E-state index is 0.606. The van der Waals surface area contributed by atoms with E-state index in [0.717, 1.165) is 17.0 Å². The highest BCUT2D eigenvalue weighted by atomic mass is 127. The summed E-state index contributed by atoms with van der Waals surface area (Å²) in [5.41, 5.74) is 1.24.